The Bertz CT molecular complexity index is 512. The molecule has 0 radical (unpaired) electrons. The minimum absolute atomic E-state index is 0.00521. The number of rotatable bonds is 6. The summed E-state index contributed by atoms with van der Waals surface area (Å²) >= 11 is 0. The summed E-state index contributed by atoms with van der Waals surface area (Å²) < 4.78 is 25.1. The maximum Gasteiger partial charge on any atom is 0.305 e. The number of carboxylic acid groups (broad SMARTS) is 1. The van der Waals surface area contributed by atoms with Gasteiger partial charge in [0.1, 0.15) is 10.7 Å². The van der Waals surface area contributed by atoms with E-state index < -0.39 is 16.0 Å². The number of aromatic nitrogens is 1. The number of nitrogens with one attached hydrogen (secondary N) is 1. The van der Waals surface area contributed by atoms with Crippen LogP contribution in [0.25, 0.3) is 0 Å². The quantitative estimate of drug-likeness (QED) is 0.751. The van der Waals surface area contributed by atoms with Crippen LogP contribution in [0.5, 0.6) is 0 Å². The number of sulfonamides is 1. The molecule has 0 aliphatic carbocycles. The van der Waals surface area contributed by atoms with Gasteiger partial charge in [-0.25, -0.2) is 18.1 Å². The molecule has 0 amide bonds. The van der Waals surface area contributed by atoms with Crippen molar-refractivity contribution in [2.75, 3.05) is 25.5 Å². The SMILES string of the molecule is CNS(=O)(=O)c1ccc(N(C)CCC(=O)O)nc1. The lowest BCUT2D eigenvalue weighted by molar-refractivity contribution is -0.136. The fraction of sp³-hybridized carbons (Fsp3) is 0.400. The van der Waals surface area contributed by atoms with Gasteiger partial charge in [-0.05, 0) is 19.2 Å². The number of nitrogens with zero attached hydrogens (tertiary/aromatic N) is 2. The molecule has 1 heterocycles. The van der Waals surface area contributed by atoms with Gasteiger partial charge in [0.2, 0.25) is 10.0 Å². The van der Waals surface area contributed by atoms with E-state index in [1.165, 1.54) is 25.4 Å². The summed E-state index contributed by atoms with van der Waals surface area (Å²) in [4.78, 5) is 16.1. The Hall–Kier alpha value is -1.67. The monoisotopic (exact) mass is 273 g/mol. The largest absolute Gasteiger partial charge is 0.481 e. The number of hydrogen-bond donors (Lipinski definition) is 2. The summed E-state index contributed by atoms with van der Waals surface area (Å²) in [5.41, 5.74) is 0. The van der Waals surface area contributed by atoms with Gasteiger partial charge < -0.3 is 10.0 Å². The third-order valence-corrected chi connectivity index (χ3v) is 3.75. The summed E-state index contributed by atoms with van der Waals surface area (Å²) in [5, 5.41) is 8.56. The van der Waals surface area contributed by atoms with Crippen LogP contribution in [0.1, 0.15) is 6.42 Å². The van der Waals surface area contributed by atoms with Crippen molar-refractivity contribution >= 4 is 21.8 Å². The van der Waals surface area contributed by atoms with E-state index >= 15 is 0 Å². The van der Waals surface area contributed by atoms with Crippen molar-refractivity contribution in [2.45, 2.75) is 11.3 Å². The molecule has 8 heteroatoms. The molecule has 0 fully saturated rings. The van der Waals surface area contributed by atoms with Crippen LogP contribution >= 0.6 is 0 Å². The predicted molar refractivity (Wildman–Crippen MR) is 66.0 cm³/mol. The van der Waals surface area contributed by atoms with Crippen LogP contribution < -0.4 is 9.62 Å². The fourth-order valence-corrected chi connectivity index (χ4v) is 1.93. The Kier molecular flexibility index (Phi) is 4.62. The molecule has 0 atom stereocenters. The highest BCUT2D eigenvalue weighted by Gasteiger charge is 2.12. The number of anilines is 1. The lowest BCUT2D eigenvalue weighted by Crippen LogP contribution is -2.23. The number of hydrogen-bond acceptors (Lipinski definition) is 5. The molecule has 0 spiro atoms. The molecule has 18 heavy (non-hydrogen) atoms. The number of pyridine rings is 1. The molecule has 0 aliphatic rings. The third kappa shape index (κ3) is 3.67. The molecule has 0 saturated carbocycles. The second kappa shape index (κ2) is 5.78. The van der Waals surface area contributed by atoms with Crippen LogP contribution in [-0.2, 0) is 14.8 Å². The number of carboxylic acids is 1. The Morgan fingerprint density at radius 2 is 2.17 bits per heavy atom. The molecule has 0 aliphatic heterocycles. The summed E-state index contributed by atoms with van der Waals surface area (Å²) in [5.74, 6) is -0.373. The smallest absolute Gasteiger partial charge is 0.305 e. The summed E-state index contributed by atoms with van der Waals surface area (Å²) in [6.45, 7) is 0.306. The van der Waals surface area contributed by atoms with Crippen LogP contribution in [0.15, 0.2) is 23.2 Å². The maximum absolute atomic E-state index is 11.5. The van der Waals surface area contributed by atoms with Crippen molar-refractivity contribution in [1.29, 1.82) is 0 Å². The Balaban J connectivity index is 2.80. The van der Waals surface area contributed by atoms with Gasteiger partial charge in [-0.15, -0.1) is 0 Å². The van der Waals surface area contributed by atoms with E-state index in [1.807, 2.05) is 0 Å². The molecule has 1 rings (SSSR count). The predicted octanol–water partition coefficient (Wildman–Crippen LogP) is -0.0994. The lowest BCUT2D eigenvalue weighted by Gasteiger charge is -2.16. The second-order valence-corrected chi connectivity index (χ2v) is 5.51. The number of aliphatic carboxylic acids is 1. The van der Waals surface area contributed by atoms with E-state index in [-0.39, 0.29) is 11.3 Å². The average Bonchev–Trinajstić information content (AvgIpc) is 2.36. The van der Waals surface area contributed by atoms with Crippen molar-refractivity contribution in [3.8, 4) is 0 Å². The van der Waals surface area contributed by atoms with Crippen LogP contribution in [0, 0.1) is 0 Å². The Labute approximate surface area is 106 Å². The first kappa shape index (κ1) is 14.4. The molecule has 1 aromatic heterocycles. The van der Waals surface area contributed by atoms with Gasteiger partial charge in [-0.2, -0.15) is 0 Å². The molecular weight excluding hydrogens is 258 g/mol. The van der Waals surface area contributed by atoms with Gasteiger partial charge in [-0.3, -0.25) is 4.79 Å². The highest BCUT2D eigenvalue weighted by atomic mass is 32.2. The fourth-order valence-electron chi connectivity index (χ4n) is 1.25. The molecule has 0 unspecified atom stereocenters. The van der Waals surface area contributed by atoms with Crippen molar-refractivity contribution in [2.24, 2.45) is 0 Å². The first-order valence-corrected chi connectivity index (χ1v) is 6.67. The summed E-state index contributed by atoms with van der Waals surface area (Å²) in [6.07, 6.45) is 1.23. The maximum atomic E-state index is 11.5. The van der Waals surface area contributed by atoms with Crippen molar-refractivity contribution in [1.82, 2.24) is 9.71 Å². The van der Waals surface area contributed by atoms with E-state index in [9.17, 15) is 13.2 Å². The molecular formula is C10H15N3O4S. The molecule has 100 valence electrons. The minimum Gasteiger partial charge on any atom is -0.481 e. The highest BCUT2D eigenvalue weighted by molar-refractivity contribution is 7.89. The van der Waals surface area contributed by atoms with Gasteiger partial charge in [0, 0.05) is 19.8 Å². The summed E-state index contributed by atoms with van der Waals surface area (Å²) in [7, 11) is -0.478. The summed E-state index contributed by atoms with van der Waals surface area (Å²) in [6, 6.07) is 2.96. The topological polar surface area (TPSA) is 99.6 Å². The first-order valence-electron chi connectivity index (χ1n) is 5.19. The van der Waals surface area contributed by atoms with E-state index in [4.69, 9.17) is 5.11 Å². The Morgan fingerprint density at radius 1 is 1.50 bits per heavy atom. The molecule has 1 aromatic rings. The van der Waals surface area contributed by atoms with E-state index in [2.05, 4.69) is 9.71 Å². The highest BCUT2D eigenvalue weighted by Crippen LogP contribution is 2.13. The van der Waals surface area contributed by atoms with Gasteiger partial charge in [0.15, 0.2) is 0 Å². The molecule has 7 nitrogen and oxygen atoms in total. The molecule has 0 saturated heterocycles. The standard InChI is InChI=1S/C10H15N3O4S/c1-11-18(16,17)8-3-4-9(12-7-8)13(2)6-5-10(14)15/h3-4,7,11H,5-6H2,1-2H3,(H,14,15). The van der Waals surface area contributed by atoms with Gasteiger partial charge in [0.05, 0.1) is 6.42 Å². The lowest BCUT2D eigenvalue weighted by atomic mass is 10.4. The minimum atomic E-state index is -3.49. The zero-order chi connectivity index (χ0) is 13.8. The van der Waals surface area contributed by atoms with Crippen molar-refractivity contribution in [3.05, 3.63) is 18.3 Å². The van der Waals surface area contributed by atoms with E-state index in [0.717, 1.165) is 0 Å². The van der Waals surface area contributed by atoms with E-state index in [1.54, 1.807) is 11.9 Å². The van der Waals surface area contributed by atoms with Gasteiger partial charge in [0.25, 0.3) is 0 Å². The van der Waals surface area contributed by atoms with Gasteiger partial charge in [-0.1, -0.05) is 0 Å². The zero-order valence-electron chi connectivity index (χ0n) is 10.1. The number of carbonyl (C=O) groups is 1. The molecule has 0 bridgehead atoms. The molecule has 2 N–H and O–H groups in total. The first-order chi connectivity index (χ1) is 8.36. The van der Waals surface area contributed by atoms with Gasteiger partial charge >= 0.3 is 5.97 Å². The van der Waals surface area contributed by atoms with Crippen LogP contribution in [-0.4, -0.2) is 45.1 Å². The third-order valence-electron chi connectivity index (χ3n) is 2.35. The van der Waals surface area contributed by atoms with Crippen LogP contribution in [0.2, 0.25) is 0 Å². The normalized spacial score (nSPS) is 11.2. The molecule has 0 aromatic carbocycles. The second-order valence-electron chi connectivity index (χ2n) is 3.62. The van der Waals surface area contributed by atoms with Crippen molar-refractivity contribution < 1.29 is 18.3 Å². The van der Waals surface area contributed by atoms with Crippen molar-refractivity contribution in [3.63, 3.8) is 0 Å². The zero-order valence-corrected chi connectivity index (χ0v) is 10.9. The Morgan fingerprint density at radius 3 is 2.61 bits per heavy atom. The average molecular weight is 273 g/mol. The van der Waals surface area contributed by atoms with E-state index in [0.29, 0.717) is 12.4 Å². The van der Waals surface area contributed by atoms with Crippen LogP contribution in [0.4, 0.5) is 5.82 Å². The van der Waals surface area contributed by atoms with Crippen LogP contribution in [0.3, 0.4) is 0 Å².